The molecule has 2 aromatic rings. The van der Waals surface area contributed by atoms with Gasteiger partial charge in [0.2, 0.25) is 5.95 Å². The summed E-state index contributed by atoms with van der Waals surface area (Å²) in [4.78, 5) is 20.2. The molecular formula is C15H16N4O. The van der Waals surface area contributed by atoms with Crippen LogP contribution in [0.25, 0.3) is 0 Å². The Bertz CT molecular complexity index is 608. The number of aryl methyl sites for hydroxylation is 1. The Morgan fingerprint density at radius 1 is 1.35 bits per heavy atom. The molecule has 0 spiro atoms. The molecule has 0 aliphatic heterocycles. The van der Waals surface area contributed by atoms with E-state index in [1.807, 2.05) is 31.2 Å². The zero-order valence-corrected chi connectivity index (χ0v) is 11.3. The minimum Gasteiger partial charge on any atom is -0.351 e. The van der Waals surface area contributed by atoms with Crippen LogP contribution in [0, 0.1) is 6.92 Å². The molecule has 0 radical (unpaired) electrons. The topological polar surface area (TPSA) is 66.9 Å². The molecule has 0 aliphatic carbocycles. The second-order valence-corrected chi connectivity index (χ2v) is 4.29. The van der Waals surface area contributed by atoms with E-state index in [-0.39, 0.29) is 5.91 Å². The second kappa shape index (κ2) is 6.47. The number of nitrogens with zero attached hydrogens (tertiary/aromatic N) is 2. The summed E-state index contributed by atoms with van der Waals surface area (Å²) in [6.07, 6.45) is 4.69. The molecule has 0 saturated heterocycles. The molecule has 102 valence electrons. The molecule has 0 unspecified atom stereocenters. The van der Waals surface area contributed by atoms with Crippen LogP contribution in [-0.4, -0.2) is 22.4 Å². The molecule has 1 aromatic carbocycles. The standard InChI is InChI=1S/C15H16N4O/c1-3-7-16-15-17-9-12(10-18-15)14(20)19-13-6-4-5-11(2)8-13/h3-6,8-10H,1,7H2,2H3,(H,19,20)(H,16,17,18). The van der Waals surface area contributed by atoms with E-state index >= 15 is 0 Å². The molecule has 0 aliphatic rings. The van der Waals surface area contributed by atoms with Crippen molar-refractivity contribution in [3.05, 3.63) is 60.4 Å². The lowest BCUT2D eigenvalue weighted by Crippen LogP contribution is -2.13. The highest BCUT2D eigenvalue weighted by atomic mass is 16.1. The lowest BCUT2D eigenvalue weighted by Gasteiger charge is -2.06. The number of rotatable bonds is 5. The highest BCUT2D eigenvalue weighted by Crippen LogP contribution is 2.11. The normalized spacial score (nSPS) is 9.85. The zero-order valence-electron chi connectivity index (χ0n) is 11.3. The average molecular weight is 268 g/mol. The molecule has 1 amide bonds. The van der Waals surface area contributed by atoms with E-state index < -0.39 is 0 Å². The Kier molecular flexibility index (Phi) is 4.44. The largest absolute Gasteiger partial charge is 0.351 e. The van der Waals surface area contributed by atoms with Gasteiger partial charge in [-0.25, -0.2) is 9.97 Å². The van der Waals surface area contributed by atoms with E-state index in [0.717, 1.165) is 11.3 Å². The SMILES string of the molecule is C=CCNc1ncc(C(=O)Nc2cccc(C)c2)cn1. The quantitative estimate of drug-likeness (QED) is 0.818. The predicted octanol–water partition coefficient (Wildman–Crippen LogP) is 2.64. The Labute approximate surface area is 117 Å². The van der Waals surface area contributed by atoms with Crippen molar-refractivity contribution >= 4 is 17.5 Å². The molecule has 2 N–H and O–H groups in total. The van der Waals surface area contributed by atoms with Crippen molar-refractivity contribution in [1.29, 1.82) is 0 Å². The monoisotopic (exact) mass is 268 g/mol. The number of carbonyl (C=O) groups is 1. The van der Waals surface area contributed by atoms with Gasteiger partial charge in [-0.05, 0) is 24.6 Å². The molecule has 1 aromatic heterocycles. The van der Waals surface area contributed by atoms with Gasteiger partial charge in [-0.3, -0.25) is 4.79 Å². The van der Waals surface area contributed by atoms with Crippen molar-refractivity contribution in [2.45, 2.75) is 6.92 Å². The number of anilines is 2. The summed E-state index contributed by atoms with van der Waals surface area (Å²) >= 11 is 0. The summed E-state index contributed by atoms with van der Waals surface area (Å²) < 4.78 is 0. The van der Waals surface area contributed by atoms with Crippen molar-refractivity contribution in [2.75, 3.05) is 17.2 Å². The maximum Gasteiger partial charge on any atom is 0.258 e. The first-order valence-electron chi connectivity index (χ1n) is 6.24. The van der Waals surface area contributed by atoms with Crippen LogP contribution in [0.2, 0.25) is 0 Å². The highest BCUT2D eigenvalue weighted by molar-refractivity contribution is 6.03. The van der Waals surface area contributed by atoms with Crippen LogP contribution in [0.5, 0.6) is 0 Å². The van der Waals surface area contributed by atoms with Crippen molar-refractivity contribution in [3.8, 4) is 0 Å². The van der Waals surface area contributed by atoms with Gasteiger partial charge in [0.15, 0.2) is 0 Å². The summed E-state index contributed by atoms with van der Waals surface area (Å²) in [7, 11) is 0. The Morgan fingerprint density at radius 3 is 2.75 bits per heavy atom. The maximum absolute atomic E-state index is 12.0. The second-order valence-electron chi connectivity index (χ2n) is 4.29. The van der Waals surface area contributed by atoms with Gasteiger partial charge >= 0.3 is 0 Å². The van der Waals surface area contributed by atoms with Crippen LogP contribution >= 0.6 is 0 Å². The lowest BCUT2D eigenvalue weighted by molar-refractivity contribution is 0.102. The van der Waals surface area contributed by atoms with E-state index in [1.54, 1.807) is 6.08 Å². The van der Waals surface area contributed by atoms with Crippen LogP contribution < -0.4 is 10.6 Å². The van der Waals surface area contributed by atoms with E-state index in [9.17, 15) is 4.79 Å². The Morgan fingerprint density at radius 2 is 2.10 bits per heavy atom. The fourth-order valence-corrected chi connectivity index (χ4v) is 1.63. The van der Waals surface area contributed by atoms with Crippen LogP contribution in [0.1, 0.15) is 15.9 Å². The number of benzene rings is 1. The molecule has 2 rings (SSSR count). The van der Waals surface area contributed by atoms with Gasteiger partial charge < -0.3 is 10.6 Å². The molecule has 20 heavy (non-hydrogen) atoms. The van der Waals surface area contributed by atoms with Gasteiger partial charge in [0.1, 0.15) is 0 Å². The summed E-state index contributed by atoms with van der Waals surface area (Å²) in [5, 5.41) is 5.75. The van der Waals surface area contributed by atoms with Gasteiger partial charge in [0.05, 0.1) is 5.56 Å². The molecule has 0 bridgehead atoms. The molecule has 0 saturated carbocycles. The third-order valence-corrected chi connectivity index (χ3v) is 2.59. The first kappa shape index (κ1) is 13.7. The Hall–Kier alpha value is -2.69. The van der Waals surface area contributed by atoms with Crippen LogP contribution in [0.4, 0.5) is 11.6 Å². The molecule has 1 heterocycles. The van der Waals surface area contributed by atoms with E-state index in [2.05, 4.69) is 27.2 Å². The fraction of sp³-hybridized carbons (Fsp3) is 0.133. The molecule has 0 atom stereocenters. The molecule has 0 fully saturated rings. The van der Waals surface area contributed by atoms with Crippen molar-refractivity contribution in [1.82, 2.24) is 9.97 Å². The first-order valence-corrected chi connectivity index (χ1v) is 6.24. The lowest BCUT2D eigenvalue weighted by atomic mass is 10.2. The summed E-state index contributed by atoms with van der Waals surface area (Å²) in [6, 6.07) is 7.60. The number of aromatic nitrogens is 2. The minimum atomic E-state index is -0.231. The Balaban J connectivity index is 2.03. The van der Waals surface area contributed by atoms with Crippen LogP contribution in [-0.2, 0) is 0 Å². The van der Waals surface area contributed by atoms with Crippen molar-refractivity contribution in [2.24, 2.45) is 0 Å². The number of carbonyl (C=O) groups excluding carboxylic acids is 1. The smallest absolute Gasteiger partial charge is 0.258 e. The molecular weight excluding hydrogens is 252 g/mol. The fourth-order valence-electron chi connectivity index (χ4n) is 1.63. The van der Waals surface area contributed by atoms with E-state index in [1.165, 1.54) is 12.4 Å². The van der Waals surface area contributed by atoms with Gasteiger partial charge in [0, 0.05) is 24.6 Å². The van der Waals surface area contributed by atoms with Crippen LogP contribution in [0.3, 0.4) is 0 Å². The number of amides is 1. The molecule has 5 heteroatoms. The van der Waals surface area contributed by atoms with E-state index in [4.69, 9.17) is 0 Å². The number of hydrogen-bond acceptors (Lipinski definition) is 4. The number of hydrogen-bond donors (Lipinski definition) is 2. The van der Waals surface area contributed by atoms with Crippen molar-refractivity contribution in [3.63, 3.8) is 0 Å². The zero-order chi connectivity index (χ0) is 14.4. The summed E-state index contributed by atoms with van der Waals surface area (Å²) in [5.41, 5.74) is 2.25. The van der Waals surface area contributed by atoms with E-state index in [0.29, 0.717) is 18.1 Å². The van der Waals surface area contributed by atoms with Gasteiger partial charge in [-0.2, -0.15) is 0 Å². The maximum atomic E-state index is 12.0. The van der Waals surface area contributed by atoms with Crippen molar-refractivity contribution < 1.29 is 4.79 Å². The number of nitrogens with one attached hydrogen (secondary N) is 2. The van der Waals surface area contributed by atoms with Gasteiger partial charge in [-0.1, -0.05) is 18.2 Å². The predicted molar refractivity (Wildman–Crippen MR) is 79.9 cm³/mol. The first-order chi connectivity index (χ1) is 9.69. The van der Waals surface area contributed by atoms with Crippen LogP contribution in [0.15, 0.2) is 49.3 Å². The van der Waals surface area contributed by atoms with Gasteiger partial charge in [-0.15, -0.1) is 6.58 Å². The molecule has 5 nitrogen and oxygen atoms in total. The minimum absolute atomic E-state index is 0.231. The summed E-state index contributed by atoms with van der Waals surface area (Å²) in [6.45, 7) is 6.14. The summed E-state index contributed by atoms with van der Waals surface area (Å²) in [5.74, 6) is 0.239. The van der Waals surface area contributed by atoms with Gasteiger partial charge in [0.25, 0.3) is 5.91 Å². The average Bonchev–Trinajstić information content (AvgIpc) is 2.45. The third-order valence-electron chi connectivity index (χ3n) is 2.59. The third kappa shape index (κ3) is 3.65. The highest BCUT2D eigenvalue weighted by Gasteiger charge is 2.07.